The molecule has 0 saturated carbocycles. The number of carboxylic acid groups (broad SMARTS) is 1. The van der Waals surface area contributed by atoms with Crippen molar-refractivity contribution in [1.82, 2.24) is 14.7 Å². The van der Waals surface area contributed by atoms with Gasteiger partial charge in [-0.2, -0.15) is 5.10 Å². The van der Waals surface area contributed by atoms with Crippen molar-refractivity contribution in [2.75, 3.05) is 13.1 Å². The smallest absolute Gasteiger partial charge is 0.338 e. The molecular weight excluding hydrogens is 298 g/mol. The summed E-state index contributed by atoms with van der Waals surface area (Å²) in [6.07, 6.45) is 5.99. The van der Waals surface area contributed by atoms with E-state index in [0.717, 1.165) is 24.0 Å². The first-order valence-electron chi connectivity index (χ1n) is 7.58. The van der Waals surface area contributed by atoms with E-state index in [9.17, 15) is 9.59 Å². The Morgan fingerprint density at radius 2 is 2.00 bits per heavy atom. The highest BCUT2D eigenvalue weighted by atomic mass is 16.4. The Kier molecular flexibility index (Phi) is 3.94. The lowest BCUT2D eigenvalue weighted by molar-refractivity contribution is 0.0656. The molecule has 122 valence electrons. The first kappa shape index (κ1) is 15.3. The molecule has 0 radical (unpaired) electrons. The predicted octanol–water partition coefficient (Wildman–Crippen LogP) is 2.27. The Hall–Kier alpha value is -2.57. The number of piperidine rings is 1. The fourth-order valence-electron chi connectivity index (χ4n) is 2.84. The highest BCUT2D eigenvalue weighted by Crippen LogP contribution is 2.25. The molecule has 3 rings (SSSR count). The average molecular weight is 317 g/mol. The molecular formula is C16H19N3O4. The second-order valence-corrected chi connectivity index (χ2v) is 5.91. The van der Waals surface area contributed by atoms with Gasteiger partial charge >= 0.3 is 5.97 Å². The van der Waals surface area contributed by atoms with Crippen LogP contribution >= 0.6 is 0 Å². The standard InChI is InChI=1S/C16H19N3O4/c1-10-9-23-14(11(10)2)15(20)18-5-3-13(4-6-18)19-8-12(7-17-19)16(21)22/h7-9,13H,3-6H2,1-2H3,(H,21,22). The summed E-state index contributed by atoms with van der Waals surface area (Å²) in [5.41, 5.74) is 2.04. The Morgan fingerprint density at radius 1 is 1.30 bits per heavy atom. The molecule has 3 heterocycles. The number of likely N-dealkylation sites (tertiary alicyclic amines) is 1. The van der Waals surface area contributed by atoms with E-state index in [-0.39, 0.29) is 17.5 Å². The zero-order valence-corrected chi connectivity index (χ0v) is 13.2. The Morgan fingerprint density at radius 3 is 2.52 bits per heavy atom. The second-order valence-electron chi connectivity index (χ2n) is 5.91. The summed E-state index contributed by atoms with van der Waals surface area (Å²) in [5.74, 6) is -0.651. The number of hydrogen-bond donors (Lipinski definition) is 1. The van der Waals surface area contributed by atoms with E-state index in [0.29, 0.717) is 18.8 Å². The van der Waals surface area contributed by atoms with Gasteiger partial charge in [0.2, 0.25) is 0 Å². The quantitative estimate of drug-likeness (QED) is 0.938. The third kappa shape index (κ3) is 2.86. The molecule has 0 spiro atoms. The van der Waals surface area contributed by atoms with E-state index in [2.05, 4.69) is 5.10 Å². The van der Waals surface area contributed by atoms with E-state index in [1.165, 1.54) is 6.20 Å². The minimum absolute atomic E-state index is 0.0826. The maximum Gasteiger partial charge on any atom is 0.338 e. The van der Waals surface area contributed by atoms with Crippen molar-refractivity contribution in [3.8, 4) is 0 Å². The minimum Gasteiger partial charge on any atom is -0.478 e. The fraction of sp³-hybridized carbons (Fsp3) is 0.438. The molecule has 0 aliphatic carbocycles. The highest BCUT2D eigenvalue weighted by Gasteiger charge is 2.28. The zero-order chi connectivity index (χ0) is 16.6. The third-order valence-corrected chi connectivity index (χ3v) is 4.45. The maximum absolute atomic E-state index is 12.5. The number of aromatic nitrogens is 2. The van der Waals surface area contributed by atoms with Gasteiger partial charge in [-0.1, -0.05) is 0 Å². The summed E-state index contributed by atoms with van der Waals surface area (Å²) in [4.78, 5) is 25.2. The van der Waals surface area contributed by atoms with Crippen LogP contribution in [-0.4, -0.2) is 44.8 Å². The van der Waals surface area contributed by atoms with Crippen molar-refractivity contribution >= 4 is 11.9 Å². The van der Waals surface area contributed by atoms with Gasteiger partial charge in [-0.15, -0.1) is 0 Å². The van der Waals surface area contributed by atoms with E-state index < -0.39 is 5.97 Å². The minimum atomic E-state index is -0.979. The van der Waals surface area contributed by atoms with Crippen LogP contribution in [0, 0.1) is 13.8 Å². The van der Waals surface area contributed by atoms with Gasteiger partial charge in [-0.3, -0.25) is 9.48 Å². The van der Waals surface area contributed by atoms with Crippen LogP contribution in [0.3, 0.4) is 0 Å². The molecule has 1 N–H and O–H groups in total. The number of aryl methyl sites for hydroxylation is 1. The molecule has 1 aliphatic heterocycles. The molecule has 0 atom stereocenters. The van der Waals surface area contributed by atoms with E-state index in [1.807, 2.05) is 13.8 Å². The van der Waals surface area contributed by atoms with Crippen LogP contribution in [0.2, 0.25) is 0 Å². The Labute approximate surface area is 133 Å². The SMILES string of the molecule is Cc1coc(C(=O)N2CCC(n3cc(C(=O)O)cn3)CC2)c1C. The van der Waals surface area contributed by atoms with Crippen LogP contribution in [0.25, 0.3) is 0 Å². The monoisotopic (exact) mass is 317 g/mol. The molecule has 7 heteroatoms. The number of carboxylic acids is 1. The van der Waals surface area contributed by atoms with Crippen LogP contribution < -0.4 is 0 Å². The van der Waals surface area contributed by atoms with Crippen molar-refractivity contribution in [3.63, 3.8) is 0 Å². The number of hydrogen-bond acceptors (Lipinski definition) is 4. The largest absolute Gasteiger partial charge is 0.478 e. The van der Waals surface area contributed by atoms with Crippen molar-refractivity contribution in [2.45, 2.75) is 32.7 Å². The molecule has 0 unspecified atom stereocenters. The van der Waals surface area contributed by atoms with Crippen LogP contribution in [0.1, 0.15) is 50.9 Å². The number of amides is 1. The van der Waals surface area contributed by atoms with E-state index in [4.69, 9.17) is 9.52 Å². The highest BCUT2D eigenvalue weighted by molar-refractivity contribution is 5.93. The predicted molar refractivity (Wildman–Crippen MR) is 81.5 cm³/mol. The summed E-state index contributed by atoms with van der Waals surface area (Å²) in [5, 5.41) is 13.1. The van der Waals surface area contributed by atoms with Crippen LogP contribution in [-0.2, 0) is 0 Å². The third-order valence-electron chi connectivity index (χ3n) is 4.45. The molecule has 23 heavy (non-hydrogen) atoms. The first-order valence-corrected chi connectivity index (χ1v) is 7.58. The van der Waals surface area contributed by atoms with Gasteiger partial charge < -0.3 is 14.4 Å². The fourth-order valence-corrected chi connectivity index (χ4v) is 2.84. The van der Waals surface area contributed by atoms with Crippen molar-refractivity contribution in [1.29, 1.82) is 0 Å². The van der Waals surface area contributed by atoms with Gasteiger partial charge in [0.1, 0.15) is 0 Å². The summed E-state index contributed by atoms with van der Waals surface area (Å²) in [7, 11) is 0. The number of nitrogens with zero attached hydrogens (tertiary/aromatic N) is 3. The first-order chi connectivity index (χ1) is 11.0. The summed E-state index contributed by atoms with van der Waals surface area (Å²) in [6.45, 7) is 5.01. The van der Waals surface area contributed by atoms with Crippen molar-refractivity contribution in [2.24, 2.45) is 0 Å². The Balaban J connectivity index is 1.65. The van der Waals surface area contributed by atoms with Crippen LogP contribution in [0.5, 0.6) is 0 Å². The molecule has 0 bridgehead atoms. The molecule has 1 saturated heterocycles. The Bertz CT molecular complexity index is 738. The summed E-state index contributed by atoms with van der Waals surface area (Å²) in [6, 6.07) is 0.117. The molecule has 1 fully saturated rings. The maximum atomic E-state index is 12.5. The molecule has 2 aromatic rings. The normalized spacial score (nSPS) is 15.8. The number of carbonyl (C=O) groups is 2. The lowest BCUT2D eigenvalue weighted by Gasteiger charge is -2.31. The summed E-state index contributed by atoms with van der Waals surface area (Å²) >= 11 is 0. The van der Waals surface area contributed by atoms with Gasteiger partial charge in [0, 0.05) is 24.8 Å². The van der Waals surface area contributed by atoms with Gasteiger partial charge in [0.25, 0.3) is 5.91 Å². The van der Waals surface area contributed by atoms with Gasteiger partial charge in [0.15, 0.2) is 5.76 Å². The van der Waals surface area contributed by atoms with Gasteiger partial charge in [-0.25, -0.2) is 4.79 Å². The second kappa shape index (κ2) is 5.91. The number of rotatable bonds is 3. The molecule has 2 aromatic heterocycles. The van der Waals surface area contributed by atoms with Crippen LogP contribution in [0.4, 0.5) is 0 Å². The van der Waals surface area contributed by atoms with Crippen molar-refractivity contribution < 1.29 is 19.1 Å². The lowest BCUT2D eigenvalue weighted by Crippen LogP contribution is -2.39. The van der Waals surface area contributed by atoms with E-state index >= 15 is 0 Å². The zero-order valence-electron chi connectivity index (χ0n) is 13.2. The van der Waals surface area contributed by atoms with E-state index in [1.54, 1.807) is 22.0 Å². The average Bonchev–Trinajstić information content (AvgIpc) is 3.16. The van der Waals surface area contributed by atoms with Crippen molar-refractivity contribution in [3.05, 3.63) is 41.1 Å². The molecule has 7 nitrogen and oxygen atoms in total. The number of aromatic carboxylic acids is 1. The molecule has 1 amide bonds. The van der Waals surface area contributed by atoms with Gasteiger partial charge in [0.05, 0.1) is 24.1 Å². The number of carbonyl (C=O) groups excluding carboxylic acids is 1. The van der Waals surface area contributed by atoms with Gasteiger partial charge in [-0.05, 0) is 32.3 Å². The summed E-state index contributed by atoms with van der Waals surface area (Å²) < 4.78 is 7.07. The lowest BCUT2D eigenvalue weighted by atomic mass is 10.0. The number of furan rings is 1. The topological polar surface area (TPSA) is 88.6 Å². The molecule has 0 aromatic carbocycles. The molecule has 1 aliphatic rings. The van der Waals surface area contributed by atoms with Crippen LogP contribution in [0.15, 0.2) is 23.1 Å².